The third-order valence-corrected chi connectivity index (χ3v) is 6.55. The number of nitrogens with one attached hydrogen (secondary N) is 1. The molecule has 1 heterocycles. The Labute approximate surface area is 163 Å². The summed E-state index contributed by atoms with van der Waals surface area (Å²) in [6.45, 7) is 5.81. The molecule has 7 nitrogen and oxygen atoms in total. The van der Waals surface area contributed by atoms with Crippen molar-refractivity contribution < 1.29 is 13.2 Å². The minimum absolute atomic E-state index is 0.0475. The van der Waals surface area contributed by atoms with Crippen LogP contribution in [0.4, 0.5) is 5.00 Å². The zero-order chi connectivity index (χ0) is 20.4. The number of nitrogens with two attached hydrogens (primary N) is 1. The molecule has 0 aliphatic rings. The molecule has 0 saturated carbocycles. The average molecular weight is 407 g/mol. The minimum Gasteiger partial charge on any atom is -0.315 e. The molecule has 2 rings (SSSR count). The number of amides is 1. The summed E-state index contributed by atoms with van der Waals surface area (Å²) in [5.74, 6) is -0.219. The second-order valence-corrected chi connectivity index (χ2v) is 9.14. The summed E-state index contributed by atoms with van der Waals surface area (Å²) in [5, 5.41) is 17.7. The monoisotopic (exact) mass is 406 g/mol. The lowest BCUT2D eigenvalue weighted by atomic mass is 10.1. The van der Waals surface area contributed by atoms with Crippen LogP contribution in [0.1, 0.15) is 34.5 Å². The molecular formula is C18H22N4O3S2. The van der Waals surface area contributed by atoms with Crippen LogP contribution in [-0.2, 0) is 14.8 Å². The van der Waals surface area contributed by atoms with Crippen molar-refractivity contribution in [3.05, 3.63) is 45.8 Å². The van der Waals surface area contributed by atoms with Crippen LogP contribution in [0.5, 0.6) is 0 Å². The Bertz CT molecular complexity index is 989. The van der Waals surface area contributed by atoms with Gasteiger partial charge in [-0.25, -0.2) is 13.6 Å². The molecule has 27 heavy (non-hydrogen) atoms. The van der Waals surface area contributed by atoms with Crippen LogP contribution >= 0.6 is 11.3 Å². The quantitative estimate of drug-likeness (QED) is 0.764. The van der Waals surface area contributed by atoms with Crippen molar-refractivity contribution in [1.82, 2.24) is 4.90 Å². The molecule has 144 valence electrons. The van der Waals surface area contributed by atoms with Crippen molar-refractivity contribution in [2.24, 2.45) is 5.14 Å². The maximum absolute atomic E-state index is 12.4. The highest BCUT2D eigenvalue weighted by atomic mass is 32.2. The smallest absolute Gasteiger partial charge is 0.239 e. The van der Waals surface area contributed by atoms with Gasteiger partial charge in [-0.3, -0.25) is 9.69 Å². The lowest BCUT2D eigenvalue weighted by molar-refractivity contribution is -0.117. The SMILES string of the molecule is Cc1sc(NC(=O)CN(C)C(C)c2ccc(S(N)(=O)=O)cc2)c(C#N)c1C. The molecule has 1 unspecified atom stereocenters. The van der Waals surface area contributed by atoms with E-state index >= 15 is 0 Å². The molecule has 0 spiro atoms. The van der Waals surface area contributed by atoms with Crippen LogP contribution in [0.2, 0.25) is 0 Å². The Morgan fingerprint density at radius 3 is 2.44 bits per heavy atom. The molecule has 0 bridgehead atoms. The fraction of sp³-hybridized carbons (Fsp3) is 0.333. The van der Waals surface area contributed by atoms with Crippen molar-refractivity contribution >= 4 is 32.3 Å². The zero-order valence-electron chi connectivity index (χ0n) is 15.6. The average Bonchev–Trinajstić information content (AvgIpc) is 2.86. The van der Waals surface area contributed by atoms with E-state index in [9.17, 15) is 18.5 Å². The topological polar surface area (TPSA) is 116 Å². The first-order valence-corrected chi connectivity index (χ1v) is 10.5. The number of aryl methyl sites for hydroxylation is 1. The number of benzene rings is 1. The van der Waals surface area contributed by atoms with Crippen molar-refractivity contribution in [3.63, 3.8) is 0 Å². The van der Waals surface area contributed by atoms with Gasteiger partial charge in [-0.15, -0.1) is 11.3 Å². The van der Waals surface area contributed by atoms with Gasteiger partial charge in [-0.2, -0.15) is 5.26 Å². The molecule has 9 heteroatoms. The second kappa shape index (κ2) is 8.19. The van der Waals surface area contributed by atoms with E-state index in [0.29, 0.717) is 10.6 Å². The number of hydrogen-bond donors (Lipinski definition) is 2. The summed E-state index contributed by atoms with van der Waals surface area (Å²) < 4.78 is 22.7. The largest absolute Gasteiger partial charge is 0.315 e. The Morgan fingerprint density at radius 1 is 1.33 bits per heavy atom. The molecule has 0 saturated heterocycles. The van der Waals surface area contributed by atoms with Crippen LogP contribution < -0.4 is 10.5 Å². The van der Waals surface area contributed by atoms with Gasteiger partial charge in [-0.1, -0.05) is 12.1 Å². The molecule has 0 radical (unpaired) electrons. The van der Waals surface area contributed by atoms with E-state index in [1.165, 1.54) is 23.5 Å². The first-order chi connectivity index (χ1) is 12.5. The van der Waals surface area contributed by atoms with Gasteiger partial charge in [-0.05, 0) is 51.1 Å². The number of anilines is 1. The molecule has 3 N–H and O–H groups in total. The zero-order valence-corrected chi connectivity index (χ0v) is 17.2. The number of nitrogens with zero attached hydrogens (tertiary/aromatic N) is 2. The van der Waals surface area contributed by atoms with E-state index in [2.05, 4.69) is 11.4 Å². The normalized spacial score (nSPS) is 12.6. The fourth-order valence-electron chi connectivity index (χ4n) is 2.57. The van der Waals surface area contributed by atoms with Crippen molar-refractivity contribution in [2.45, 2.75) is 31.7 Å². The first kappa shape index (κ1) is 21.1. The van der Waals surface area contributed by atoms with Crippen LogP contribution in [0.15, 0.2) is 29.2 Å². The molecule has 1 aromatic heterocycles. The number of hydrogen-bond acceptors (Lipinski definition) is 6. The van der Waals surface area contributed by atoms with E-state index in [0.717, 1.165) is 16.0 Å². The predicted octanol–water partition coefficient (Wildman–Crippen LogP) is 2.52. The molecule has 0 fully saturated rings. The Kier molecular flexibility index (Phi) is 6.38. The summed E-state index contributed by atoms with van der Waals surface area (Å²) in [5.41, 5.74) is 2.24. The third kappa shape index (κ3) is 4.93. The highest BCUT2D eigenvalue weighted by molar-refractivity contribution is 7.89. The lowest BCUT2D eigenvalue weighted by Gasteiger charge is -2.24. The Morgan fingerprint density at radius 2 is 1.93 bits per heavy atom. The first-order valence-electron chi connectivity index (χ1n) is 8.17. The molecule has 0 aliphatic carbocycles. The van der Waals surface area contributed by atoms with Gasteiger partial charge < -0.3 is 5.32 Å². The highest BCUT2D eigenvalue weighted by Gasteiger charge is 2.19. The van der Waals surface area contributed by atoms with E-state index in [4.69, 9.17) is 5.14 Å². The number of rotatable bonds is 6. The van der Waals surface area contributed by atoms with Gasteiger partial charge in [0.15, 0.2) is 0 Å². The molecule has 1 aromatic carbocycles. The fourth-order valence-corrected chi connectivity index (χ4v) is 4.11. The number of carbonyl (C=O) groups excluding carboxylic acids is 1. The standard InChI is InChI=1S/C18H22N4O3S2/c1-11-13(3)26-18(16(11)9-19)21-17(23)10-22(4)12(2)14-5-7-15(8-6-14)27(20,24)25/h5-8,12H,10H2,1-4H3,(H,21,23)(H2,20,24,25). The van der Waals surface area contributed by atoms with Gasteiger partial charge in [0.2, 0.25) is 15.9 Å². The van der Waals surface area contributed by atoms with E-state index in [1.807, 2.05) is 25.7 Å². The third-order valence-electron chi connectivity index (χ3n) is 4.50. The Balaban J connectivity index is 2.06. The van der Waals surface area contributed by atoms with Crippen LogP contribution in [0.25, 0.3) is 0 Å². The summed E-state index contributed by atoms with van der Waals surface area (Å²) in [7, 11) is -1.93. The second-order valence-electron chi connectivity index (χ2n) is 6.35. The molecule has 0 aliphatic heterocycles. The number of carbonyl (C=O) groups is 1. The van der Waals surface area contributed by atoms with E-state index < -0.39 is 10.0 Å². The Hall–Kier alpha value is -2.25. The summed E-state index contributed by atoms with van der Waals surface area (Å²) in [4.78, 5) is 15.3. The van der Waals surface area contributed by atoms with Gasteiger partial charge in [0.25, 0.3) is 0 Å². The highest BCUT2D eigenvalue weighted by Crippen LogP contribution is 2.31. The van der Waals surface area contributed by atoms with Gasteiger partial charge in [0.05, 0.1) is 17.0 Å². The van der Waals surface area contributed by atoms with Crippen LogP contribution in [0.3, 0.4) is 0 Å². The molecular weight excluding hydrogens is 384 g/mol. The van der Waals surface area contributed by atoms with Crippen LogP contribution in [-0.4, -0.2) is 32.8 Å². The summed E-state index contributed by atoms with van der Waals surface area (Å²) >= 11 is 1.39. The lowest BCUT2D eigenvalue weighted by Crippen LogP contribution is -2.32. The van der Waals surface area contributed by atoms with E-state index in [-0.39, 0.29) is 23.4 Å². The maximum atomic E-state index is 12.4. The maximum Gasteiger partial charge on any atom is 0.239 e. The van der Waals surface area contributed by atoms with Crippen LogP contribution in [0, 0.1) is 25.2 Å². The molecule has 1 atom stereocenters. The summed E-state index contributed by atoms with van der Waals surface area (Å²) in [6, 6.07) is 8.27. The number of thiophene rings is 1. The number of primary sulfonamides is 1. The predicted molar refractivity (Wildman–Crippen MR) is 106 cm³/mol. The summed E-state index contributed by atoms with van der Waals surface area (Å²) in [6.07, 6.45) is 0. The van der Waals surface area contributed by atoms with Gasteiger partial charge >= 0.3 is 0 Å². The van der Waals surface area contributed by atoms with Crippen molar-refractivity contribution in [2.75, 3.05) is 18.9 Å². The van der Waals surface area contributed by atoms with Gasteiger partial charge in [0, 0.05) is 10.9 Å². The minimum atomic E-state index is -3.73. The number of nitriles is 1. The molecule has 1 amide bonds. The number of likely N-dealkylation sites (N-methyl/N-ethyl adjacent to an activating group) is 1. The van der Waals surface area contributed by atoms with Crippen molar-refractivity contribution in [3.8, 4) is 6.07 Å². The molecule has 2 aromatic rings. The number of sulfonamides is 1. The van der Waals surface area contributed by atoms with Crippen molar-refractivity contribution in [1.29, 1.82) is 5.26 Å². The van der Waals surface area contributed by atoms with Gasteiger partial charge in [0.1, 0.15) is 11.1 Å². The van der Waals surface area contributed by atoms with E-state index in [1.54, 1.807) is 19.2 Å².